The van der Waals surface area contributed by atoms with Crippen LogP contribution in [0.2, 0.25) is 0 Å². The van der Waals surface area contributed by atoms with Gasteiger partial charge in [-0.25, -0.2) is 9.97 Å². The maximum atomic E-state index is 13.3. The second-order valence-corrected chi connectivity index (χ2v) is 7.89. The molecule has 0 bridgehead atoms. The second-order valence-electron chi connectivity index (χ2n) is 6.58. The molecule has 156 valence electrons. The van der Waals surface area contributed by atoms with Gasteiger partial charge in [0.2, 0.25) is 5.91 Å². The van der Waals surface area contributed by atoms with E-state index in [1.54, 1.807) is 49.4 Å². The molecule has 3 aromatic rings. The first kappa shape index (κ1) is 21.8. The van der Waals surface area contributed by atoms with Crippen LogP contribution in [-0.2, 0) is 17.4 Å². The minimum atomic E-state index is -4.62. The number of rotatable bonds is 6. The van der Waals surface area contributed by atoms with Crippen molar-refractivity contribution >= 4 is 23.4 Å². The highest BCUT2D eigenvalue weighted by Gasteiger charge is 2.34. The van der Waals surface area contributed by atoms with Crippen LogP contribution in [0.25, 0.3) is 11.3 Å². The fourth-order valence-electron chi connectivity index (χ4n) is 2.66. The SMILES string of the molecule is CCc1ccc(NC(=O)C(C)Sc2nc(-c3ccccc3)cc(C(F)(F)F)n2)cc1. The summed E-state index contributed by atoms with van der Waals surface area (Å²) in [7, 11) is 0. The van der Waals surface area contributed by atoms with E-state index in [9.17, 15) is 18.0 Å². The molecule has 3 rings (SSSR count). The van der Waals surface area contributed by atoms with Crippen LogP contribution in [0, 0.1) is 0 Å². The first-order valence-corrected chi connectivity index (χ1v) is 10.2. The predicted molar refractivity (Wildman–Crippen MR) is 112 cm³/mol. The molecule has 1 unspecified atom stereocenters. The van der Waals surface area contributed by atoms with Crippen LogP contribution in [0.3, 0.4) is 0 Å². The van der Waals surface area contributed by atoms with Gasteiger partial charge >= 0.3 is 6.18 Å². The molecule has 0 fully saturated rings. The standard InChI is InChI=1S/C22H20F3N3OS/c1-3-15-9-11-17(12-10-15)26-20(29)14(2)30-21-27-18(16-7-5-4-6-8-16)13-19(28-21)22(23,24)25/h4-14H,3H2,1-2H3,(H,26,29). The quantitative estimate of drug-likeness (QED) is 0.393. The van der Waals surface area contributed by atoms with Crippen molar-refractivity contribution in [2.24, 2.45) is 0 Å². The van der Waals surface area contributed by atoms with E-state index >= 15 is 0 Å². The maximum absolute atomic E-state index is 13.3. The molecule has 0 aliphatic carbocycles. The van der Waals surface area contributed by atoms with Crippen molar-refractivity contribution in [3.05, 3.63) is 71.9 Å². The number of hydrogen-bond acceptors (Lipinski definition) is 4. The molecule has 30 heavy (non-hydrogen) atoms. The van der Waals surface area contributed by atoms with Crippen molar-refractivity contribution in [2.45, 2.75) is 36.9 Å². The monoisotopic (exact) mass is 431 g/mol. The van der Waals surface area contributed by atoms with Gasteiger partial charge in [-0.15, -0.1) is 0 Å². The third kappa shape index (κ3) is 5.60. The van der Waals surface area contributed by atoms with E-state index in [0.717, 1.165) is 29.8 Å². The average Bonchev–Trinajstić information content (AvgIpc) is 2.74. The number of carbonyl (C=O) groups excluding carboxylic acids is 1. The number of aromatic nitrogens is 2. The minimum Gasteiger partial charge on any atom is -0.325 e. The first-order valence-electron chi connectivity index (χ1n) is 9.34. The molecule has 4 nitrogen and oxygen atoms in total. The minimum absolute atomic E-state index is 0.104. The molecule has 0 radical (unpaired) electrons. The second kappa shape index (κ2) is 9.30. The largest absolute Gasteiger partial charge is 0.433 e. The number of halogens is 3. The van der Waals surface area contributed by atoms with Gasteiger partial charge in [-0.1, -0.05) is 61.2 Å². The molecule has 1 atom stereocenters. The van der Waals surface area contributed by atoms with E-state index in [-0.39, 0.29) is 16.8 Å². The van der Waals surface area contributed by atoms with Crippen LogP contribution >= 0.6 is 11.8 Å². The van der Waals surface area contributed by atoms with Crippen LogP contribution in [-0.4, -0.2) is 21.1 Å². The van der Waals surface area contributed by atoms with E-state index in [4.69, 9.17) is 0 Å². The van der Waals surface area contributed by atoms with E-state index in [2.05, 4.69) is 15.3 Å². The lowest BCUT2D eigenvalue weighted by Crippen LogP contribution is -2.23. The molecule has 0 saturated carbocycles. The first-order chi connectivity index (χ1) is 14.3. The van der Waals surface area contributed by atoms with Crippen LogP contribution < -0.4 is 5.32 Å². The normalized spacial score (nSPS) is 12.4. The Labute approximate surface area is 177 Å². The molecule has 1 N–H and O–H groups in total. The van der Waals surface area contributed by atoms with Crippen LogP contribution in [0.5, 0.6) is 0 Å². The molecule has 1 heterocycles. The average molecular weight is 431 g/mol. The summed E-state index contributed by atoms with van der Waals surface area (Å²) in [5.74, 6) is -0.341. The Kier molecular flexibility index (Phi) is 6.77. The summed E-state index contributed by atoms with van der Waals surface area (Å²) in [6.45, 7) is 3.64. The number of aryl methyl sites for hydroxylation is 1. The number of carbonyl (C=O) groups is 1. The number of thioether (sulfide) groups is 1. The van der Waals surface area contributed by atoms with E-state index in [1.165, 1.54) is 0 Å². The number of amides is 1. The Balaban J connectivity index is 1.80. The lowest BCUT2D eigenvalue weighted by atomic mass is 10.1. The summed E-state index contributed by atoms with van der Waals surface area (Å²) >= 11 is 0.883. The van der Waals surface area contributed by atoms with Crippen LogP contribution in [0.1, 0.15) is 25.1 Å². The molecule has 8 heteroatoms. The Hall–Kier alpha value is -2.87. The van der Waals surface area contributed by atoms with Crippen molar-refractivity contribution < 1.29 is 18.0 Å². The summed E-state index contributed by atoms with van der Waals surface area (Å²) in [4.78, 5) is 20.4. The zero-order chi connectivity index (χ0) is 21.7. The van der Waals surface area contributed by atoms with Crippen molar-refractivity contribution in [3.8, 4) is 11.3 Å². The summed E-state index contributed by atoms with van der Waals surface area (Å²) in [6, 6.07) is 16.9. The maximum Gasteiger partial charge on any atom is 0.433 e. The lowest BCUT2D eigenvalue weighted by molar-refractivity contribution is -0.141. The highest BCUT2D eigenvalue weighted by molar-refractivity contribution is 8.00. The zero-order valence-corrected chi connectivity index (χ0v) is 17.2. The third-order valence-electron chi connectivity index (χ3n) is 4.35. The zero-order valence-electron chi connectivity index (χ0n) is 16.4. The van der Waals surface area contributed by atoms with Gasteiger partial charge in [-0.05, 0) is 37.1 Å². The van der Waals surface area contributed by atoms with Gasteiger partial charge in [0.15, 0.2) is 5.16 Å². The third-order valence-corrected chi connectivity index (χ3v) is 5.31. The number of nitrogens with zero attached hydrogens (tertiary/aromatic N) is 2. The van der Waals surface area contributed by atoms with Gasteiger partial charge in [0.1, 0.15) is 5.69 Å². The van der Waals surface area contributed by atoms with Crippen molar-refractivity contribution in [1.82, 2.24) is 9.97 Å². The molecule has 0 spiro atoms. The summed E-state index contributed by atoms with van der Waals surface area (Å²) in [5.41, 5.74) is 1.42. The number of alkyl halides is 3. The molecule has 1 aromatic heterocycles. The highest BCUT2D eigenvalue weighted by Crippen LogP contribution is 2.33. The topological polar surface area (TPSA) is 54.9 Å². The van der Waals surface area contributed by atoms with Crippen molar-refractivity contribution in [3.63, 3.8) is 0 Å². The number of hydrogen-bond donors (Lipinski definition) is 1. The summed E-state index contributed by atoms with van der Waals surface area (Å²) in [6.07, 6.45) is -3.73. The van der Waals surface area contributed by atoms with E-state index < -0.39 is 17.1 Å². The van der Waals surface area contributed by atoms with Gasteiger partial charge in [0.05, 0.1) is 10.9 Å². The van der Waals surface area contributed by atoms with Gasteiger partial charge in [-0.3, -0.25) is 4.79 Å². The number of nitrogens with one attached hydrogen (secondary N) is 1. The molecule has 0 saturated heterocycles. The van der Waals surface area contributed by atoms with Crippen molar-refractivity contribution in [1.29, 1.82) is 0 Å². The molecule has 0 aliphatic rings. The molecular formula is C22H20F3N3OS. The fraction of sp³-hybridized carbons (Fsp3) is 0.227. The van der Waals surface area contributed by atoms with Gasteiger partial charge in [-0.2, -0.15) is 13.2 Å². The number of benzene rings is 2. The fourth-order valence-corrected chi connectivity index (χ4v) is 3.44. The van der Waals surface area contributed by atoms with Crippen LogP contribution in [0.15, 0.2) is 65.8 Å². The van der Waals surface area contributed by atoms with Gasteiger partial charge in [0, 0.05) is 11.3 Å². The van der Waals surface area contributed by atoms with Crippen LogP contribution in [0.4, 0.5) is 18.9 Å². The van der Waals surface area contributed by atoms with Gasteiger partial charge < -0.3 is 5.32 Å². The molecule has 0 aliphatic heterocycles. The Morgan fingerprint density at radius 2 is 1.73 bits per heavy atom. The van der Waals surface area contributed by atoms with E-state index in [0.29, 0.717) is 11.3 Å². The number of anilines is 1. The highest BCUT2D eigenvalue weighted by atomic mass is 32.2. The molecular weight excluding hydrogens is 411 g/mol. The van der Waals surface area contributed by atoms with Gasteiger partial charge in [0.25, 0.3) is 0 Å². The molecule has 1 amide bonds. The van der Waals surface area contributed by atoms with Crippen molar-refractivity contribution in [2.75, 3.05) is 5.32 Å². The Morgan fingerprint density at radius 1 is 1.07 bits per heavy atom. The predicted octanol–water partition coefficient (Wildman–Crippen LogP) is 5.84. The summed E-state index contributed by atoms with van der Waals surface area (Å²) in [5, 5.41) is 1.97. The lowest BCUT2D eigenvalue weighted by Gasteiger charge is -2.14. The smallest absolute Gasteiger partial charge is 0.325 e. The van der Waals surface area contributed by atoms with E-state index in [1.807, 2.05) is 19.1 Å². The molecule has 2 aromatic carbocycles. The Morgan fingerprint density at radius 3 is 2.33 bits per heavy atom. The summed E-state index contributed by atoms with van der Waals surface area (Å²) < 4.78 is 40.0. The Bertz CT molecular complexity index is 1010.